The van der Waals surface area contributed by atoms with Crippen LogP contribution in [-0.2, 0) is 11.3 Å². The first-order chi connectivity index (χ1) is 13.0. The minimum absolute atomic E-state index is 0.0601. The largest absolute Gasteiger partial charge is 0.477 e. The number of amides is 1. The van der Waals surface area contributed by atoms with Crippen molar-refractivity contribution in [3.05, 3.63) is 39.4 Å². The number of pyridine rings is 1. The number of carboxylic acids is 1. The Bertz CT molecular complexity index is 1070. The van der Waals surface area contributed by atoms with Gasteiger partial charge in [-0.2, -0.15) is 0 Å². The van der Waals surface area contributed by atoms with Crippen molar-refractivity contribution in [1.82, 2.24) is 9.88 Å². The maximum absolute atomic E-state index is 15.1. The van der Waals surface area contributed by atoms with Crippen molar-refractivity contribution in [2.75, 3.05) is 11.4 Å². The number of nitrogens with zero attached hydrogens (tertiary/aromatic N) is 2. The molecule has 1 unspecified atom stereocenters. The summed E-state index contributed by atoms with van der Waals surface area (Å²) in [6.07, 6.45) is 4.58. The van der Waals surface area contributed by atoms with E-state index in [9.17, 15) is 19.5 Å². The van der Waals surface area contributed by atoms with Crippen LogP contribution in [0.1, 0.15) is 47.6 Å². The molecule has 1 saturated heterocycles. The second kappa shape index (κ2) is 5.55. The number of carbonyl (C=O) groups is 2. The smallest absolute Gasteiger partial charge is 0.341 e. The quantitative estimate of drug-likeness (QED) is 0.840. The van der Waals surface area contributed by atoms with E-state index in [4.69, 9.17) is 0 Å². The summed E-state index contributed by atoms with van der Waals surface area (Å²) in [5.41, 5.74) is 0.413. The van der Waals surface area contributed by atoms with Crippen LogP contribution in [0.15, 0.2) is 17.1 Å². The standard InChI is InChI=1S/C19H18FN3O4/c20-13-6-10-15(23(9-3-4-9)8-12(17(10)24)19(26)27)11-7-21-18(25)14-2-1-5-22(14)16(11)13/h6,8-9,14H,1-5,7H2,(H,21,25)(H,26,27). The average Bonchev–Trinajstić information content (AvgIpc) is 3.38. The number of carboxylic acid groups (broad SMARTS) is 1. The lowest BCUT2D eigenvalue weighted by molar-refractivity contribution is -0.122. The molecular weight excluding hydrogens is 353 g/mol. The molecule has 3 aliphatic rings. The fraction of sp³-hybridized carbons (Fsp3) is 0.421. The van der Waals surface area contributed by atoms with Crippen molar-refractivity contribution in [3.8, 4) is 0 Å². The molecule has 1 aromatic heterocycles. The summed E-state index contributed by atoms with van der Waals surface area (Å²) in [4.78, 5) is 38.5. The molecule has 2 aromatic rings. The minimum atomic E-state index is -1.32. The number of hydrogen-bond acceptors (Lipinski definition) is 4. The van der Waals surface area contributed by atoms with Gasteiger partial charge >= 0.3 is 5.97 Å². The predicted molar refractivity (Wildman–Crippen MR) is 95.6 cm³/mol. The van der Waals surface area contributed by atoms with Gasteiger partial charge < -0.3 is 19.9 Å². The number of benzene rings is 1. The van der Waals surface area contributed by atoms with Crippen LogP contribution in [0.5, 0.6) is 0 Å². The summed E-state index contributed by atoms with van der Waals surface area (Å²) >= 11 is 0. The highest BCUT2D eigenvalue weighted by atomic mass is 19.1. The van der Waals surface area contributed by atoms with Crippen LogP contribution in [-0.4, -0.2) is 34.1 Å². The highest BCUT2D eigenvalue weighted by Gasteiger charge is 2.38. The maximum atomic E-state index is 15.1. The van der Waals surface area contributed by atoms with Gasteiger partial charge in [-0.15, -0.1) is 0 Å². The summed E-state index contributed by atoms with van der Waals surface area (Å²) in [5.74, 6) is -2.04. The van der Waals surface area contributed by atoms with E-state index in [1.807, 2.05) is 0 Å². The molecule has 2 aliphatic heterocycles. The number of nitrogens with one attached hydrogen (secondary N) is 1. The molecule has 140 valence electrons. The van der Waals surface area contributed by atoms with Gasteiger partial charge in [-0.3, -0.25) is 9.59 Å². The fourth-order valence-electron chi connectivity index (χ4n) is 4.43. The van der Waals surface area contributed by atoms with E-state index in [2.05, 4.69) is 5.32 Å². The monoisotopic (exact) mass is 371 g/mol. The maximum Gasteiger partial charge on any atom is 0.341 e. The van der Waals surface area contributed by atoms with Crippen LogP contribution in [0, 0.1) is 5.82 Å². The number of rotatable bonds is 2. The summed E-state index contributed by atoms with van der Waals surface area (Å²) in [7, 11) is 0. The Labute approximate surface area is 153 Å². The zero-order chi connectivity index (χ0) is 18.9. The molecule has 1 aromatic carbocycles. The van der Waals surface area contributed by atoms with Crippen molar-refractivity contribution < 1.29 is 19.1 Å². The number of aromatic nitrogens is 1. The summed E-state index contributed by atoms with van der Waals surface area (Å²) in [5, 5.41) is 12.3. The van der Waals surface area contributed by atoms with Crippen LogP contribution in [0.3, 0.4) is 0 Å². The molecule has 7 nitrogen and oxygen atoms in total. The Morgan fingerprint density at radius 2 is 2.04 bits per heavy atom. The van der Waals surface area contributed by atoms with Crippen molar-refractivity contribution >= 4 is 28.5 Å². The second-order valence-electron chi connectivity index (χ2n) is 7.47. The molecule has 0 spiro atoms. The Morgan fingerprint density at radius 3 is 2.74 bits per heavy atom. The lowest BCUT2D eigenvalue weighted by Gasteiger charge is -2.26. The molecular formula is C19H18FN3O4. The Balaban J connectivity index is 1.88. The molecule has 8 heteroatoms. The predicted octanol–water partition coefficient (Wildman–Crippen LogP) is 1.77. The van der Waals surface area contributed by atoms with Gasteiger partial charge in [-0.1, -0.05) is 0 Å². The van der Waals surface area contributed by atoms with Gasteiger partial charge in [-0.25, -0.2) is 9.18 Å². The number of halogens is 1. The molecule has 0 radical (unpaired) electrons. The third kappa shape index (κ3) is 2.28. The lowest BCUT2D eigenvalue weighted by Crippen LogP contribution is -2.40. The fourth-order valence-corrected chi connectivity index (χ4v) is 4.43. The Kier molecular flexibility index (Phi) is 3.35. The van der Waals surface area contributed by atoms with E-state index in [1.165, 1.54) is 6.20 Å². The number of carbonyl (C=O) groups excluding carboxylic acids is 1. The molecule has 3 heterocycles. The molecule has 1 saturated carbocycles. The van der Waals surface area contributed by atoms with E-state index in [0.717, 1.165) is 25.3 Å². The van der Waals surface area contributed by atoms with Gasteiger partial charge in [0.25, 0.3) is 0 Å². The summed E-state index contributed by atoms with van der Waals surface area (Å²) in [6, 6.07) is 0.833. The van der Waals surface area contributed by atoms with E-state index >= 15 is 4.39 Å². The third-order valence-electron chi connectivity index (χ3n) is 5.79. The van der Waals surface area contributed by atoms with Crippen molar-refractivity contribution in [3.63, 3.8) is 0 Å². The molecule has 5 rings (SSSR count). The Morgan fingerprint density at radius 1 is 1.26 bits per heavy atom. The molecule has 1 atom stereocenters. The molecule has 27 heavy (non-hydrogen) atoms. The number of aromatic carboxylic acids is 1. The molecule has 0 bridgehead atoms. The number of fused-ring (bicyclic) bond motifs is 5. The highest BCUT2D eigenvalue weighted by molar-refractivity contribution is 5.97. The van der Waals surface area contributed by atoms with E-state index in [-0.39, 0.29) is 29.4 Å². The van der Waals surface area contributed by atoms with Crippen LogP contribution < -0.4 is 15.6 Å². The average molecular weight is 371 g/mol. The molecule has 1 amide bonds. The SMILES string of the molecule is O=C(O)c1cn(C2CC2)c2c3c(c(F)cc2c1=O)N1CCCC1C(=O)NC3. The van der Waals surface area contributed by atoms with Crippen LogP contribution in [0.2, 0.25) is 0 Å². The number of anilines is 1. The van der Waals surface area contributed by atoms with E-state index in [1.54, 1.807) is 9.47 Å². The first kappa shape index (κ1) is 16.3. The highest BCUT2D eigenvalue weighted by Crippen LogP contribution is 2.42. The van der Waals surface area contributed by atoms with Gasteiger partial charge in [-0.05, 0) is 31.7 Å². The van der Waals surface area contributed by atoms with Gasteiger partial charge in [0.15, 0.2) is 0 Å². The molecule has 2 fully saturated rings. The first-order valence-corrected chi connectivity index (χ1v) is 9.15. The summed E-state index contributed by atoms with van der Waals surface area (Å²) < 4.78 is 16.9. The lowest BCUT2D eigenvalue weighted by atomic mass is 10.0. The second-order valence-corrected chi connectivity index (χ2v) is 7.47. The van der Waals surface area contributed by atoms with Crippen LogP contribution in [0.25, 0.3) is 10.9 Å². The van der Waals surface area contributed by atoms with Crippen LogP contribution >= 0.6 is 0 Å². The first-order valence-electron chi connectivity index (χ1n) is 9.15. The van der Waals surface area contributed by atoms with Crippen molar-refractivity contribution in [2.45, 2.75) is 44.3 Å². The van der Waals surface area contributed by atoms with Gasteiger partial charge in [0.2, 0.25) is 11.3 Å². The van der Waals surface area contributed by atoms with Crippen molar-refractivity contribution in [2.24, 2.45) is 0 Å². The van der Waals surface area contributed by atoms with Crippen molar-refractivity contribution in [1.29, 1.82) is 0 Å². The minimum Gasteiger partial charge on any atom is -0.477 e. The normalized spacial score (nSPS) is 21.6. The number of hydrogen-bond donors (Lipinski definition) is 2. The zero-order valence-corrected chi connectivity index (χ0v) is 14.5. The van der Waals surface area contributed by atoms with E-state index in [0.29, 0.717) is 29.7 Å². The molecule has 1 aliphatic carbocycles. The van der Waals surface area contributed by atoms with Gasteiger partial charge in [0, 0.05) is 36.3 Å². The zero-order valence-electron chi connectivity index (χ0n) is 14.5. The Hall–Kier alpha value is -2.90. The van der Waals surface area contributed by atoms with E-state index < -0.39 is 23.3 Å². The molecule has 2 N–H and O–H groups in total. The summed E-state index contributed by atoms with van der Waals surface area (Å²) in [6.45, 7) is 0.697. The topological polar surface area (TPSA) is 91.6 Å². The van der Waals surface area contributed by atoms with Gasteiger partial charge in [0.05, 0.1) is 11.2 Å². The van der Waals surface area contributed by atoms with Crippen LogP contribution in [0.4, 0.5) is 10.1 Å². The van der Waals surface area contributed by atoms with Gasteiger partial charge in [0.1, 0.15) is 17.4 Å². The third-order valence-corrected chi connectivity index (χ3v) is 5.79.